The highest BCUT2D eigenvalue weighted by atomic mass is 19.1. The number of hydrogen-bond donors (Lipinski definition) is 2. The molecule has 0 spiro atoms. The van der Waals surface area contributed by atoms with Crippen LogP contribution in [-0.2, 0) is 9.59 Å². The van der Waals surface area contributed by atoms with E-state index < -0.39 is 0 Å². The number of piperidine rings is 1. The molecular weight excluding hydrogens is 321 g/mol. The van der Waals surface area contributed by atoms with Gasteiger partial charge in [-0.15, -0.1) is 0 Å². The van der Waals surface area contributed by atoms with E-state index in [1.807, 2.05) is 6.92 Å². The Hall–Kier alpha value is -2.11. The summed E-state index contributed by atoms with van der Waals surface area (Å²) in [5.74, 6) is 0.00496. The van der Waals surface area contributed by atoms with Crippen molar-refractivity contribution < 1.29 is 14.0 Å². The van der Waals surface area contributed by atoms with Crippen LogP contribution in [0.1, 0.15) is 39.0 Å². The maximum absolute atomic E-state index is 13.6. The van der Waals surface area contributed by atoms with Crippen LogP contribution < -0.4 is 15.5 Å². The smallest absolute Gasteiger partial charge is 0.226 e. The molecular formula is C19H26FN3O2. The van der Waals surface area contributed by atoms with E-state index in [0.717, 1.165) is 38.0 Å². The molecule has 2 atom stereocenters. The Morgan fingerprint density at radius 3 is 2.64 bits per heavy atom. The van der Waals surface area contributed by atoms with E-state index in [9.17, 15) is 14.0 Å². The van der Waals surface area contributed by atoms with Gasteiger partial charge in [0.05, 0.1) is 11.4 Å². The molecule has 3 rings (SSSR count). The van der Waals surface area contributed by atoms with Crippen molar-refractivity contribution in [3.63, 3.8) is 0 Å². The number of amides is 2. The summed E-state index contributed by atoms with van der Waals surface area (Å²) in [4.78, 5) is 26.1. The summed E-state index contributed by atoms with van der Waals surface area (Å²) < 4.78 is 13.6. The number of halogens is 1. The Balaban J connectivity index is 1.54. The number of carbonyl (C=O) groups is 2. The van der Waals surface area contributed by atoms with Gasteiger partial charge in [-0.3, -0.25) is 9.59 Å². The predicted molar refractivity (Wildman–Crippen MR) is 96.0 cm³/mol. The van der Waals surface area contributed by atoms with E-state index in [4.69, 9.17) is 0 Å². The summed E-state index contributed by atoms with van der Waals surface area (Å²) in [5.41, 5.74) is 1.37. The molecule has 6 heteroatoms. The van der Waals surface area contributed by atoms with Crippen molar-refractivity contribution in [2.75, 3.05) is 29.9 Å². The Morgan fingerprint density at radius 2 is 1.96 bits per heavy atom. The lowest BCUT2D eigenvalue weighted by Crippen LogP contribution is -2.31. The molecule has 2 aliphatic rings. The lowest BCUT2D eigenvalue weighted by atomic mass is 10.1. The minimum atomic E-state index is -0.368. The third-order valence-corrected chi connectivity index (χ3v) is 5.03. The Labute approximate surface area is 148 Å². The Bertz CT molecular complexity index is 644. The third kappa shape index (κ3) is 4.71. The molecule has 1 aliphatic heterocycles. The normalized spacial score (nSPS) is 22.4. The van der Waals surface area contributed by atoms with Gasteiger partial charge in [-0.2, -0.15) is 0 Å². The maximum Gasteiger partial charge on any atom is 0.226 e. The fourth-order valence-corrected chi connectivity index (χ4v) is 3.35. The fraction of sp³-hybridized carbons (Fsp3) is 0.579. The van der Waals surface area contributed by atoms with Gasteiger partial charge in [-0.25, -0.2) is 4.39 Å². The zero-order valence-corrected chi connectivity index (χ0v) is 14.7. The van der Waals surface area contributed by atoms with E-state index >= 15 is 0 Å². The molecule has 1 aliphatic carbocycles. The van der Waals surface area contributed by atoms with Gasteiger partial charge in [0, 0.05) is 32.0 Å². The van der Waals surface area contributed by atoms with Crippen molar-refractivity contribution in [1.29, 1.82) is 0 Å². The lowest BCUT2D eigenvalue weighted by Gasteiger charge is -2.30. The van der Waals surface area contributed by atoms with Crippen LogP contribution >= 0.6 is 0 Å². The van der Waals surface area contributed by atoms with Crippen LogP contribution in [0.5, 0.6) is 0 Å². The van der Waals surface area contributed by atoms with Crippen LogP contribution in [0.3, 0.4) is 0 Å². The second-order valence-corrected chi connectivity index (χ2v) is 7.12. The topological polar surface area (TPSA) is 61.4 Å². The molecule has 1 saturated carbocycles. The average molecular weight is 347 g/mol. The number of hydrogen-bond acceptors (Lipinski definition) is 3. The summed E-state index contributed by atoms with van der Waals surface area (Å²) in [5, 5.41) is 5.60. The Kier molecular flexibility index (Phi) is 5.56. The van der Waals surface area contributed by atoms with E-state index in [1.165, 1.54) is 18.6 Å². The molecule has 0 aromatic heterocycles. The quantitative estimate of drug-likeness (QED) is 0.832. The second kappa shape index (κ2) is 7.85. The number of rotatable bonds is 6. The summed E-state index contributed by atoms with van der Waals surface area (Å²) in [6.07, 6.45) is 4.54. The zero-order valence-electron chi connectivity index (χ0n) is 14.7. The van der Waals surface area contributed by atoms with Crippen molar-refractivity contribution in [3.05, 3.63) is 24.0 Å². The molecule has 25 heavy (non-hydrogen) atoms. The van der Waals surface area contributed by atoms with Crippen LogP contribution in [0.4, 0.5) is 15.8 Å². The molecule has 1 saturated heterocycles. The number of nitrogens with one attached hydrogen (secondary N) is 2. The van der Waals surface area contributed by atoms with Gasteiger partial charge in [0.2, 0.25) is 11.8 Å². The summed E-state index contributed by atoms with van der Waals surface area (Å²) >= 11 is 0. The van der Waals surface area contributed by atoms with Crippen LogP contribution in [0.2, 0.25) is 0 Å². The van der Waals surface area contributed by atoms with Gasteiger partial charge < -0.3 is 15.5 Å². The molecule has 2 fully saturated rings. The van der Waals surface area contributed by atoms with Crippen molar-refractivity contribution in [2.24, 2.45) is 11.8 Å². The van der Waals surface area contributed by atoms with Gasteiger partial charge in [0.25, 0.3) is 0 Å². The van der Waals surface area contributed by atoms with E-state index in [-0.39, 0.29) is 30.0 Å². The lowest BCUT2D eigenvalue weighted by molar-refractivity contribution is -0.122. The monoisotopic (exact) mass is 347 g/mol. The molecule has 1 heterocycles. The SMILES string of the molecule is C[C@@H]1C[C@H]1C(=O)NCCC(=O)Nc1cc(F)ccc1N1CCCCC1. The minimum absolute atomic E-state index is 0.0278. The largest absolute Gasteiger partial charge is 0.370 e. The number of nitrogens with zero attached hydrogens (tertiary/aromatic N) is 1. The van der Waals surface area contributed by atoms with Crippen LogP contribution in [0.15, 0.2) is 18.2 Å². The first kappa shape index (κ1) is 17.7. The molecule has 0 bridgehead atoms. The Morgan fingerprint density at radius 1 is 1.24 bits per heavy atom. The molecule has 136 valence electrons. The molecule has 1 aromatic carbocycles. The first-order valence-corrected chi connectivity index (χ1v) is 9.16. The highest BCUT2D eigenvalue weighted by Gasteiger charge is 2.38. The van der Waals surface area contributed by atoms with Crippen molar-refractivity contribution in [1.82, 2.24) is 5.32 Å². The minimum Gasteiger partial charge on any atom is -0.370 e. The van der Waals surface area contributed by atoms with Gasteiger partial charge in [0.15, 0.2) is 0 Å². The summed E-state index contributed by atoms with van der Waals surface area (Å²) in [6.45, 7) is 4.19. The molecule has 0 unspecified atom stereocenters. The van der Waals surface area contributed by atoms with Gasteiger partial charge in [-0.05, 0) is 49.8 Å². The molecule has 5 nitrogen and oxygen atoms in total. The fourth-order valence-electron chi connectivity index (χ4n) is 3.35. The number of carbonyl (C=O) groups excluding carboxylic acids is 2. The zero-order chi connectivity index (χ0) is 17.8. The molecule has 2 N–H and O–H groups in total. The van der Waals surface area contributed by atoms with E-state index in [1.54, 1.807) is 6.07 Å². The molecule has 1 aromatic rings. The van der Waals surface area contributed by atoms with Crippen molar-refractivity contribution in [3.8, 4) is 0 Å². The van der Waals surface area contributed by atoms with Crippen LogP contribution in [0, 0.1) is 17.7 Å². The second-order valence-electron chi connectivity index (χ2n) is 7.12. The number of anilines is 2. The average Bonchev–Trinajstić information content (AvgIpc) is 3.33. The first-order chi connectivity index (χ1) is 12.0. The first-order valence-electron chi connectivity index (χ1n) is 9.16. The van der Waals surface area contributed by atoms with Gasteiger partial charge in [0.1, 0.15) is 5.82 Å². The number of benzene rings is 1. The third-order valence-electron chi connectivity index (χ3n) is 5.03. The van der Waals surface area contributed by atoms with Gasteiger partial charge >= 0.3 is 0 Å². The van der Waals surface area contributed by atoms with Crippen molar-refractivity contribution in [2.45, 2.75) is 39.0 Å². The maximum atomic E-state index is 13.6. The van der Waals surface area contributed by atoms with Crippen LogP contribution in [-0.4, -0.2) is 31.4 Å². The standard InChI is InChI=1S/C19H26FN3O2/c1-13-11-15(13)19(25)21-8-7-18(24)22-16-12-14(20)5-6-17(16)23-9-3-2-4-10-23/h5-6,12-13,15H,2-4,7-11H2,1H3,(H,21,25)(H,22,24)/t13-,15-/m1/s1. The summed E-state index contributed by atoms with van der Waals surface area (Å²) in [6, 6.07) is 4.52. The van der Waals surface area contributed by atoms with Gasteiger partial charge in [-0.1, -0.05) is 6.92 Å². The highest BCUT2D eigenvalue weighted by Crippen LogP contribution is 2.37. The predicted octanol–water partition coefficient (Wildman–Crippen LogP) is 2.92. The van der Waals surface area contributed by atoms with Crippen molar-refractivity contribution >= 4 is 23.2 Å². The molecule has 2 amide bonds. The van der Waals surface area contributed by atoms with Crippen LogP contribution in [0.25, 0.3) is 0 Å². The van der Waals surface area contributed by atoms with E-state index in [0.29, 0.717) is 18.2 Å². The highest BCUT2D eigenvalue weighted by molar-refractivity contribution is 5.94. The molecule has 0 radical (unpaired) electrons. The summed E-state index contributed by atoms with van der Waals surface area (Å²) in [7, 11) is 0. The van der Waals surface area contributed by atoms with E-state index in [2.05, 4.69) is 15.5 Å².